The molecule has 1 aliphatic carbocycles. The summed E-state index contributed by atoms with van der Waals surface area (Å²) >= 11 is 0. The van der Waals surface area contributed by atoms with Gasteiger partial charge in [-0.1, -0.05) is 18.2 Å². The zero-order valence-corrected chi connectivity index (χ0v) is 13.6. The van der Waals surface area contributed by atoms with E-state index in [1.165, 1.54) is 25.3 Å². The molecule has 1 amide bonds. The largest absolute Gasteiger partial charge is 0.480 e. The third-order valence-corrected chi connectivity index (χ3v) is 4.19. The highest BCUT2D eigenvalue weighted by Crippen LogP contribution is 2.27. The molecule has 0 saturated carbocycles. The van der Waals surface area contributed by atoms with Crippen LogP contribution in [0.15, 0.2) is 30.3 Å². The molecule has 3 rings (SSSR count). The predicted molar refractivity (Wildman–Crippen MR) is 87.1 cm³/mol. The molecule has 1 aromatic heterocycles. The van der Waals surface area contributed by atoms with Crippen LogP contribution in [0.5, 0.6) is 5.88 Å². The first kappa shape index (κ1) is 16.9. The summed E-state index contributed by atoms with van der Waals surface area (Å²) < 4.78 is 19.1. The first-order valence-corrected chi connectivity index (χ1v) is 7.86. The van der Waals surface area contributed by atoms with Gasteiger partial charge in [0.2, 0.25) is 5.88 Å². The van der Waals surface area contributed by atoms with Crippen LogP contribution < -0.4 is 10.1 Å². The molecular weight excluding hydrogens is 327 g/mol. The summed E-state index contributed by atoms with van der Waals surface area (Å²) in [6, 6.07) is 5.60. The van der Waals surface area contributed by atoms with Crippen molar-refractivity contribution in [1.82, 2.24) is 10.3 Å². The fourth-order valence-electron chi connectivity index (χ4n) is 2.96. The molecule has 0 spiro atoms. The van der Waals surface area contributed by atoms with Crippen LogP contribution in [0.2, 0.25) is 0 Å². The Labute approximate surface area is 143 Å². The second-order valence-electron chi connectivity index (χ2n) is 5.77. The van der Waals surface area contributed by atoms with Crippen LogP contribution in [0.4, 0.5) is 4.39 Å². The second-order valence-corrected chi connectivity index (χ2v) is 5.77. The zero-order chi connectivity index (χ0) is 18.0. The lowest BCUT2D eigenvalue weighted by Gasteiger charge is -2.17. The van der Waals surface area contributed by atoms with Crippen molar-refractivity contribution in [3.63, 3.8) is 0 Å². The number of pyridine rings is 1. The number of carboxylic acids is 1. The number of hydrogen-bond acceptors (Lipinski definition) is 4. The fourth-order valence-corrected chi connectivity index (χ4v) is 2.96. The van der Waals surface area contributed by atoms with Crippen molar-refractivity contribution in [2.24, 2.45) is 0 Å². The lowest BCUT2D eigenvalue weighted by Crippen LogP contribution is -2.34. The number of methoxy groups -OCH3 is 1. The number of halogens is 1. The maximum atomic E-state index is 13.9. The highest BCUT2D eigenvalue weighted by atomic mass is 19.1. The first-order chi connectivity index (χ1) is 12.0. The molecule has 1 atom stereocenters. The van der Waals surface area contributed by atoms with E-state index in [4.69, 9.17) is 4.74 Å². The van der Waals surface area contributed by atoms with Gasteiger partial charge in [-0.05, 0) is 37.0 Å². The standard InChI is InChI=1S/C18H17FN2O4/c1-25-17-12(9-10-5-4-8-14(10)20-17)16(22)21-15(18(23)24)11-6-2-3-7-13(11)19/h2-3,6-7,9,15H,4-5,8H2,1H3,(H,21,22)(H,23,24). The number of aromatic nitrogens is 1. The third kappa shape index (κ3) is 3.31. The van der Waals surface area contributed by atoms with Crippen molar-refractivity contribution in [3.05, 3.63) is 58.5 Å². The van der Waals surface area contributed by atoms with Gasteiger partial charge in [0.15, 0.2) is 6.04 Å². The predicted octanol–water partition coefficient (Wildman–Crippen LogP) is 2.27. The van der Waals surface area contributed by atoms with Crippen LogP contribution in [0.25, 0.3) is 0 Å². The minimum Gasteiger partial charge on any atom is -0.480 e. The van der Waals surface area contributed by atoms with E-state index in [9.17, 15) is 19.1 Å². The lowest BCUT2D eigenvalue weighted by atomic mass is 10.1. The van der Waals surface area contributed by atoms with Crippen LogP contribution in [0.3, 0.4) is 0 Å². The molecule has 2 aromatic rings. The highest BCUT2D eigenvalue weighted by Gasteiger charge is 2.28. The van der Waals surface area contributed by atoms with Crippen molar-refractivity contribution >= 4 is 11.9 Å². The van der Waals surface area contributed by atoms with E-state index in [1.807, 2.05) is 0 Å². The number of carbonyl (C=O) groups is 2. The second kappa shape index (κ2) is 6.88. The number of amides is 1. The average Bonchev–Trinajstić information content (AvgIpc) is 3.06. The van der Waals surface area contributed by atoms with E-state index in [1.54, 1.807) is 6.07 Å². The Balaban J connectivity index is 1.93. The molecule has 2 N–H and O–H groups in total. The Morgan fingerprint density at radius 2 is 2.08 bits per heavy atom. The molecule has 130 valence electrons. The van der Waals surface area contributed by atoms with E-state index in [0.29, 0.717) is 0 Å². The molecule has 1 aromatic carbocycles. The molecule has 0 bridgehead atoms. The maximum Gasteiger partial charge on any atom is 0.331 e. The average molecular weight is 344 g/mol. The third-order valence-electron chi connectivity index (χ3n) is 4.19. The number of benzene rings is 1. The molecule has 1 unspecified atom stereocenters. The number of rotatable bonds is 5. The number of carbonyl (C=O) groups excluding carboxylic acids is 1. The Bertz CT molecular complexity index is 838. The van der Waals surface area contributed by atoms with Crippen LogP contribution in [0, 0.1) is 5.82 Å². The van der Waals surface area contributed by atoms with Gasteiger partial charge >= 0.3 is 5.97 Å². The molecule has 25 heavy (non-hydrogen) atoms. The minimum absolute atomic E-state index is 0.114. The molecule has 6 nitrogen and oxygen atoms in total. The number of aryl methyl sites for hydroxylation is 2. The lowest BCUT2D eigenvalue weighted by molar-refractivity contribution is -0.139. The van der Waals surface area contributed by atoms with E-state index in [0.717, 1.165) is 36.6 Å². The van der Waals surface area contributed by atoms with Gasteiger partial charge in [-0.25, -0.2) is 14.2 Å². The number of hydrogen-bond donors (Lipinski definition) is 2. The number of aliphatic carboxylic acids is 1. The molecule has 0 radical (unpaired) electrons. The summed E-state index contributed by atoms with van der Waals surface area (Å²) in [5, 5.41) is 11.8. The number of fused-ring (bicyclic) bond motifs is 1. The van der Waals surface area contributed by atoms with Crippen LogP contribution in [-0.4, -0.2) is 29.1 Å². The van der Waals surface area contributed by atoms with Crippen LogP contribution in [-0.2, 0) is 17.6 Å². The molecule has 1 heterocycles. The zero-order valence-electron chi connectivity index (χ0n) is 13.6. The summed E-state index contributed by atoms with van der Waals surface area (Å²) in [5.41, 5.74) is 1.86. The topological polar surface area (TPSA) is 88.5 Å². The van der Waals surface area contributed by atoms with Gasteiger partial charge in [0.25, 0.3) is 5.91 Å². The summed E-state index contributed by atoms with van der Waals surface area (Å²) in [4.78, 5) is 28.5. The summed E-state index contributed by atoms with van der Waals surface area (Å²) in [5.74, 6) is -2.59. The fraction of sp³-hybridized carbons (Fsp3) is 0.278. The first-order valence-electron chi connectivity index (χ1n) is 7.86. The molecular formula is C18H17FN2O4. The number of carboxylic acid groups (broad SMARTS) is 1. The van der Waals surface area contributed by atoms with Gasteiger partial charge in [0.05, 0.1) is 7.11 Å². The van der Waals surface area contributed by atoms with Gasteiger partial charge in [0, 0.05) is 11.3 Å². The van der Waals surface area contributed by atoms with Gasteiger partial charge in [-0.15, -0.1) is 0 Å². The Morgan fingerprint density at radius 3 is 2.76 bits per heavy atom. The quantitative estimate of drug-likeness (QED) is 0.869. The Kier molecular flexibility index (Phi) is 4.65. The van der Waals surface area contributed by atoms with Gasteiger partial charge in [-0.3, -0.25) is 4.79 Å². The van der Waals surface area contributed by atoms with Crippen molar-refractivity contribution in [1.29, 1.82) is 0 Å². The smallest absolute Gasteiger partial charge is 0.331 e. The Morgan fingerprint density at radius 1 is 1.32 bits per heavy atom. The normalized spacial score (nSPS) is 13.8. The molecule has 0 fully saturated rings. The van der Waals surface area contributed by atoms with Gasteiger partial charge in [-0.2, -0.15) is 0 Å². The van der Waals surface area contributed by atoms with E-state index < -0.39 is 23.7 Å². The molecule has 1 aliphatic rings. The molecule has 7 heteroatoms. The summed E-state index contributed by atoms with van der Waals surface area (Å²) in [6.07, 6.45) is 2.58. The Hall–Kier alpha value is -2.96. The monoisotopic (exact) mass is 344 g/mol. The van der Waals surface area contributed by atoms with Crippen LogP contribution in [0.1, 0.15) is 39.6 Å². The van der Waals surface area contributed by atoms with E-state index in [2.05, 4.69) is 10.3 Å². The summed E-state index contributed by atoms with van der Waals surface area (Å²) in [7, 11) is 1.39. The van der Waals surface area contributed by atoms with Crippen molar-refractivity contribution < 1.29 is 23.8 Å². The number of ether oxygens (including phenoxy) is 1. The highest BCUT2D eigenvalue weighted by molar-refractivity contribution is 5.99. The molecule has 0 aliphatic heterocycles. The SMILES string of the molecule is COc1nc2c(cc1C(=O)NC(C(=O)O)c1ccccc1F)CCC2. The van der Waals surface area contributed by atoms with Crippen molar-refractivity contribution in [2.75, 3.05) is 7.11 Å². The number of nitrogens with zero attached hydrogens (tertiary/aromatic N) is 1. The van der Waals surface area contributed by atoms with Crippen molar-refractivity contribution in [3.8, 4) is 5.88 Å². The van der Waals surface area contributed by atoms with E-state index >= 15 is 0 Å². The summed E-state index contributed by atoms with van der Waals surface area (Å²) in [6.45, 7) is 0. The van der Waals surface area contributed by atoms with Gasteiger partial charge in [0.1, 0.15) is 11.4 Å². The number of nitrogens with one attached hydrogen (secondary N) is 1. The van der Waals surface area contributed by atoms with Gasteiger partial charge < -0.3 is 15.2 Å². The van der Waals surface area contributed by atoms with Crippen LogP contribution >= 0.6 is 0 Å². The maximum absolute atomic E-state index is 13.9. The molecule has 0 saturated heterocycles. The van der Waals surface area contributed by atoms with E-state index in [-0.39, 0.29) is 17.0 Å². The van der Waals surface area contributed by atoms with Crippen molar-refractivity contribution in [2.45, 2.75) is 25.3 Å². The minimum atomic E-state index is -1.51.